The molecule has 1 fully saturated rings. The van der Waals surface area contributed by atoms with E-state index in [4.69, 9.17) is 5.73 Å². The van der Waals surface area contributed by atoms with Crippen LogP contribution in [0.25, 0.3) is 0 Å². The van der Waals surface area contributed by atoms with Crippen LogP contribution in [0.5, 0.6) is 0 Å². The van der Waals surface area contributed by atoms with Crippen LogP contribution in [0.15, 0.2) is 24.5 Å². The van der Waals surface area contributed by atoms with Gasteiger partial charge in [-0.05, 0) is 25.0 Å². The van der Waals surface area contributed by atoms with Crippen molar-refractivity contribution in [1.82, 2.24) is 9.88 Å². The van der Waals surface area contributed by atoms with Crippen molar-refractivity contribution in [3.8, 4) is 0 Å². The topological polar surface area (TPSA) is 42.2 Å². The predicted molar refractivity (Wildman–Crippen MR) is 78.7 cm³/mol. The fraction of sp³-hybridized carbons (Fsp3) is 0.643. The first kappa shape index (κ1) is 13.8. The summed E-state index contributed by atoms with van der Waals surface area (Å²) in [6.45, 7) is 6.64. The standard InChI is InChI=1S/C14H23N3S/c1-3-13-10-17(7-8-18-13)14(11(2)15)12-5-4-6-16-9-12/h4-6,9,11,13-14H,3,7-8,10,15H2,1-2H3. The van der Waals surface area contributed by atoms with Crippen LogP contribution in [-0.2, 0) is 0 Å². The van der Waals surface area contributed by atoms with E-state index in [0.29, 0.717) is 6.04 Å². The van der Waals surface area contributed by atoms with E-state index < -0.39 is 0 Å². The number of rotatable bonds is 4. The Hall–Kier alpha value is -0.580. The van der Waals surface area contributed by atoms with Gasteiger partial charge < -0.3 is 5.73 Å². The Balaban J connectivity index is 2.15. The summed E-state index contributed by atoms with van der Waals surface area (Å²) in [6.07, 6.45) is 5.01. The summed E-state index contributed by atoms with van der Waals surface area (Å²) in [5, 5.41) is 0.747. The fourth-order valence-electron chi connectivity index (χ4n) is 2.64. The number of thioether (sulfide) groups is 1. The minimum atomic E-state index is 0.134. The van der Waals surface area contributed by atoms with Crippen LogP contribution in [0.2, 0.25) is 0 Å². The zero-order chi connectivity index (χ0) is 13.0. The monoisotopic (exact) mass is 265 g/mol. The van der Waals surface area contributed by atoms with Gasteiger partial charge in [0.2, 0.25) is 0 Å². The zero-order valence-electron chi connectivity index (χ0n) is 11.2. The first-order valence-corrected chi connectivity index (χ1v) is 7.78. The summed E-state index contributed by atoms with van der Waals surface area (Å²) in [5.74, 6) is 1.21. The quantitative estimate of drug-likeness (QED) is 0.907. The van der Waals surface area contributed by atoms with Crippen LogP contribution in [0.4, 0.5) is 0 Å². The van der Waals surface area contributed by atoms with E-state index in [2.05, 4.69) is 41.6 Å². The molecular weight excluding hydrogens is 242 g/mol. The molecular formula is C14H23N3S. The van der Waals surface area contributed by atoms with E-state index in [0.717, 1.165) is 18.3 Å². The van der Waals surface area contributed by atoms with Crippen molar-refractivity contribution in [2.75, 3.05) is 18.8 Å². The molecule has 0 bridgehead atoms. The van der Waals surface area contributed by atoms with E-state index in [-0.39, 0.29) is 6.04 Å². The lowest BCUT2D eigenvalue weighted by Gasteiger charge is -2.39. The second-order valence-electron chi connectivity index (χ2n) is 4.99. The van der Waals surface area contributed by atoms with Crippen molar-refractivity contribution < 1.29 is 0 Å². The minimum absolute atomic E-state index is 0.134. The number of nitrogens with zero attached hydrogens (tertiary/aromatic N) is 2. The predicted octanol–water partition coefficient (Wildman–Crippen LogP) is 2.30. The average Bonchev–Trinajstić information content (AvgIpc) is 2.40. The fourth-order valence-corrected chi connectivity index (χ4v) is 3.85. The number of pyridine rings is 1. The molecule has 0 radical (unpaired) electrons. The molecule has 1 aliphatic rings. The third kappa shape index (κ3) is 3.25. The highest BCUT2D eigenvalue weighted by Gasteiger charge is 2.28. The van der Waals surface area contributed by atoms with Crippen molar-refractivity contribution in [3.05, 3.63) is 30.1 Å². The molecule has 18 heavy (non-hydrogen) atoms. The van der Waals surface area contributed by atoms with E-state index >= 15 is 0 Å². The van der Waals surface area contributed by atoms with Crippen LogP contribution < -0.4 is 5.73 Å². The van der Waals surface area contributed by atoms with Crippen LogP contribution in [0.1, 0.15) is 31.9 Å². The molecule has 1 aliphatic heterocycles. The second kappa shape index (κ2) is 6.55. The summed E-state index contributed by atoms with van der Waals surface area (Å²) in [7, 11) is 0. The van der Waals surface area contributed by atoms with Gasteiger partial charge in [-0.2, -0.15) is 11.8 Å². The SMILES string of the molecule is CCC1CN(C(c2cccnc2)C(C)N)CCS1. The largest absolute Gasteiger partial charge is 0.326 e. The van der Waals surface area contributed by atoms with Crippen molar-refractivity contribution in [2.24, 2.45) is 5.73 Å². The maximum absolute atomic E-state index is 6.21. The van der Waals surface area contributed by atoms with Gasteiger partial charge in [0.05, 0.1) is 6.04 Å². The van der Waals surface area contributed by atoms with E-state index in [1.54, 1.807) is 0 Å². The maximum atomic E-state index is 6.21. The lowest BCUT2D eigenvalue weighted by molar-refractivity contribution is 0.181. The highest BCUT2D eigenvalue weighted by molar-refractivity contribution is 8.00. The molecule has 0 aromatic carbocycles. The van der Waals surface area contributed by atoms with Gasteiger partial charge in [0.25, 0.3) is 0 Å². The van der Waals surface area contributed by atoms with Gasteiger partial charge in [-0.15, -0.1) is 0 Å². The summed E-state index contributed by atoms with van der Waals surface area (Å²) in [5.41, 5.74) is 7.45. The van der Waals surface area contributed by atoms with E-state index in [9.17, 15) is 0 Å². The highest BCUT2D eigenvalue weighted by Crippen LogP contribution is 2.29. The second-order valence-corrected chi connectivity index (χ2v) is 6.39. The molecule has 3 nitrogen and oxygen atoms in total. The molecule has 0 amide bonds. The van der Waals surface area contributed by atoms with Gasteiger partial charge in [0.15, 0.2) is 0 Å². The van der Waals surface area contributed by atoms with Gasteiger partial charge in [-0.25, -0.2) is 0 Å². The molecule has 1 aromatic rings. The van der Waals surface area contributed by atoms with Crippen molar-refractivity contribution in [1.29, 1.82) is 0 Å². The van der Waals surface area contributed by atoms with Gasteiger partial charge in [-0.3, -0.25) is 9.88 Å². The van der Waals surface area contributed by atoms with Gasteiger partial charge in [0.1, 0.15) is 0 Å². The molecule has 3 unspecified atom stereocenters. The Morgan fingerprint density at radius 2 is 2.44 bits per heavy atom. The van der Waals surface area contributed by atoms with E-state index in [1.165, 1.54) is 17.7 Å². The highest BCUT2D eigenvalue weighted by atomic mass is 32.2. The van der Waals surface area contributed by atoms with Crippen LogP contribution in [0.3, 0.4) is 0 Å². The minimum Gasteiger partial charge on any atom is -0.326 e. The number of hydrogen-bond acceptors (Lipinski definition) is 4. The number of nitrogens with two attached hydrogens (primary N) is 1. The molecule has 4 heteroatoms. The lowest BCUT2D eigenvalue weighted by atomic mass is 10.0. The first-order chi connectivity index (χ1) is 8.72. The van der Waals surface area contributed by atoms with Crippen LogP contribution in [-0.4, -0.2) is 40.0 Å². The Bertz CT molecular complexity index is 355. The molecule has 1 aromatic heterocycles. The van der Waals surface area contributed by atoms with Crippen LogP contribution >= 0.6 is 11.8 Å². The lowest BCUT2D eigenvalue weighted by Crippen LogP contribution is -2.46. The molecule has 0 aliphatic carbocycles. The smallest absolute Gasteiger partial charge is 0.0512 e. The zero-order valence-corrected chi connectivity index (χ0v) is 12.1. The molecule has 2 N–H and O–H groups in total. The average molecular weight is 265 g/mol. The summed E-state index contributed by atoms with van der Waals surface area (Å²) < 4.78 is 0. The summed E-state index contributed by atoms with van der Waals surface area (Å²) in [6, 6.07) is 4.58. The number of hydrogen-bond donors (Lipinski definition) is 1. The molecule has 1 saturated heterocycles. The Kier molecular flexibility index (Phi) is 5.03. The summed E-state index contributed by atoms with van der Waals surface area (Å²) >= 11 is 2.09. The molecule has 2 heterocycles. The maximum Gasteiger partial charge on any atom is 0.0512 e. The Morgan fingerprint density at radius 1 is 1.61 bits per heavy atom. The number of aromatic nitrogens is 1. The Labute approximate surface area is 114 Å². The molecule has 3 atom stereocenters. The molecule has 0 saturated carbocycles. The van der Waals surface area contributed by atoms with Crippen LogP contribution in [0, 0.1) is 0 Å². The van der Waals surface area contributed by atoms with E-state index in [1.807, 2.05) is 18.5 Å². The molecule has 100 valence electrons. The van der Waals surface area contributed by atoms with Crippen molar-refractivity contribution in [3.63, 3.8) is 0 Å². The third-order valence-corrected chi connectivity index (χ3v) is 4.91. The molecule has 0 spiro atoms. The van der Waals surface area contributed by atoms with Gasteiger partial charge in [0, 0.05) is 42.5 Å². The van der Waals surface area contributed by atoms with Gasteiger partial charge >= 0.3 is 0 Å². The normalized spacial score (nSPS) is 24.7. The summed E-state index contributed by atoms with van der Waals surface area (Å²) in [4.78, 5) is 6.77. The van der Waals surface area contributed by atoms with Gasteiger partial charge in [-0.1, -0.05) is 13.0 Å². The molecule has 2 rings (SSSR count). The third-order valence-electron chi connectivity index (χ3n) is 3.54. The Morgan fingerprint density at radius 3 is 3.06 bits per heavy atom. The van der Waals surface area contributed by atoms with Crippen molar-refractivity contribution >= 4 is 11.8 Å². The van der Waals surface area contributed by atoms with Crippen molar-refractivity contribution in [2.45, 2.75) is 37.6 Å². The first-order valence-electron chi connectivity index (χ1n) is 6.73.